The van der Waals surface area contributed by atoms with E-state index in [9.17, 15) is 9.90 Å². The maximum absolute atomic E-state index is 11.5. The number of carboxylic acid groups (broad SMARTS) is 1. The Morgan fingerprint density at radius 2 is 1.60 bits per heavy atom. The predicted molar refractivity (Wildman–Crippen MR) is 173 cm³/mol. The second-order valence-electron chi connectivity index (χ2n) is 11.4. The van der Waals surface area contributed by atoms with Crippen molar-refractivity contribution in [1.82, 2.24) is 4.90 Å². The van der Waals surface area contributed by atoms with Crippen LogP contribution in [0.5, 0.6) is 5.75 Å². The Labute approximate surface area is 256 Å². The van der Waals surface area contributed by atoms with Gasteiger partial charge in [-0.25, -0.2) is 4.79 Å². The molecule has 1 aliphatic carbocycles. The molecule has 4 aromatic carbocycles. The smallest absolute Gasteiger partial charge is 0.333 e. The van der Waals surface area contributed by atoms with E-state index in [1.54, 1.807) is 0 Å². The van der Waals surface area contributed by atoms with Crippen LogP contribution in [-0.2, 0) is 35.2 Å². The van der Waals surface area contributed by atoms with Crippen LogP contribution in [-0.4, -0.2) is 48.9 Å². The molecule has 43 heavy (non-hydrogen) atoms. The quantitative estimate of drug-likeness (QED) is 0.178. The normalized spacial score (nSPS) is 14.9. The number of likely N-dealkylation sites (N-methyl/N-ethyl adjacent to an activating group) is 1. The van der Waals surface area contributed by atoms with Gasteiger partial charge in [-0.1, -0.05) is 86.1 Å². The number of benzene rings is 4. The lowest BCUT2D eigenvalue weighted by Crippen LogP contribution is -2.30. The van der Waals surface area contributed by atoms with Crippen molar-refractivity contribution in [3.63, 3.8) is 0 Å². The molecule has 2 atom stereocenters. The molecule has 5 rings (SSSR count). The first-order valence-electron chi connectivity index (χ1n) is 15.5. The number of nitrogens with zero attached hydrogens (tertiary/aromatic N) is 1. The molecule has 0 aromatic heterocycles. The molecule has 0 amide bonds. The third kappa shape index (κ3) is 7.54. The van der Waals surface area contributed by atoms with Gasteiger partial charge in [-0.2, -0.15) is 0 Å². The molecule has 1 N–H and O–H groups in total. The zero-order chi connectivity index (χ0) is 30.2. The zero-order valence-electron chi connectivity index (χ0n) is 25.6. The first-order valence-corrected chi connectivity index (χ1v) is 15.5. The van der Waals surface area contributed by atoms with E-state index < -0.39 is 12.1 Å². The molecule has 224 valence electrons. The molecule has 5 nitrogen and oxygen atoms in total. The molecule has 0 spiro atoms. The monoisotopic (exact) mass is 577 g/mol. The second kappa shape index (κ2) is 14.5. The molecule has 0 saturated heterocycles. The molecule has 0 bridgehead atoms. The first kappa shape index (κ1) is 30.5. The topological polar surface area (TPSA) is 59.0 Å². The Kier molecular flexibility index (Phi) is 10.3. The molecule has 0 heterocycles. The van der Waals surface area contributed by atoms with E-state index in [1.807, 2.05) is 31.2 Å². The van der Waals surface area contributed by atoms with Crippen molar-refractivity contribution >= 4 is 5.97 Å². The van der Waals surface area contributed by atoms with Crippen molar-refractivity contribution in [3.8, 4) is 16.9 Å². The molecule has 5 heteroatoms. The SMILES string of the molecule is CCCc1ccc2c(c1)CCc1ccc(-c3ccccc3)cc1C2N(C)CCOc1ccc(CC(OCC)C(=O)O)cc1. The largest absolute Gasteiger partial charge is 0.492 e. The lowest BCUT2D eigenvalue weighted by molar-refractivity contribution is -0.149. The Morgan fingerprint density at radius 1 is 0.860 bits per heavy atom. The highest BCUT2D eigenvalue weighted by atomic mass is 16.5. The summed E-state index contributed by atoms with van der Waals surface area (Å²) in [4.78, 5) is 13.9. The van der Waals surface area contributed by atoms with Crippen LogP contribution in [0.3, 0.4) is 0 Å². The van der Waals surface area contributed by atoms with E-state index in [2.05, 4.69) is 85.6 Å². The van der Waals surface area contributed by atoms with Gasteiger partial charge in [0, 0.05) is 19.6 Å². The summed E-state index contributed by atoms with van der Waals surface area (Å²) in [5.74, 6) is -0.165. The number of aryl methyl sites for hydroxylation is 3. The van der Waals surface area contributed by atoms with Crippen LogP contribution >= 0.6 is 0 Å². The first-order chi connectivity index (χ1) is 21.0. The highest BCUT2D eigenvalue weighted by molar-refractivity contribution is 5.72. The number of fused-ring (bicyclic) bond motifs is 2. The van der Waals surface area contributed by atoms with Crippen molar-refractivity contribution in [2.75, 3.05) is 26.8 Å². The summed E-state index contributed by atoms with van der Waals surface area (Å²) >= 11 is 0. The number of aliphatic carboxylic acids is 1. The summed E-state index contributed by atoms with van der Waals surface area (Å²) in [6.45, 7) is 5.71. The molecular weight excluding hydrogens is 534 g/mol. The van der Waals surface area contributed by atoms with Crippen molar-refractivity contribution in [2.24, 2.45) is 0 Å². The van der Waals surface area contributed by atoms with Gasteiger partial charge in [0.05, 0.1) is 6.04 Å². The van der Waals surface area contributed by atoms with E-state index in [0.717, 1.165) is 43.5 Å². The van der Waals surface area contributed by atoms with Gasteiger partial charge < -0.3 is 14.6 Å². The molecule has 2 unspecified atom stereocenters. The molecule has 1 aliphatic rings. The van der Waals surface area contributed by atoms with Crippen LogP contribution in [0.4, 0.5) is 0 Å². The van der Waals surface area contributed by atoms with E-state index in [0.29, 0.717) is 19.6 Å². The van der Waals surface area contributed by atoms with Crippen LogP contribution in [0.1, 0.15) is 59.7 Å². The van der Waals surface area contributed by atoms with Crippen LogP contribution in [0, 0.1) is 0 Å². The highest BCUT2D eigenvalue weighted by Gasteiger charge is 2.28. The van der Waals surface area contributed by atoms with Gasteiger partial charge in [0.15, 0.2) is 6.10 Å². The van der Waals surface area contributed by atoms with Crippen molar-refractivity contribution in [2.45, 2.75) is 58.1 Å². The second-order valence-corrected chi connectivity index (χ2v) is 11.4. The average Bonchev–Trinajstić information content (AvgIpc) is 3.18. The van der Waals surface area contributed by atoms with Gasteiger partial charge in [0.2, 0.25) is 0 Å². The summed E-state index contributed by atoms with van der Waals surface area (Å²) in [6.07, 6.45) is 3.83. The van der Waals surface area contributed by atoms with Crippen LogP contribution in [0.2, 0.25) is 0 Å². The average molecular weight is 578 g/mol. The van der Waals surface area contributed by atoms with Crippen molar-refractivity contribution in [3.05, 3.63) is 124 Å². The van der Waals surface area contributed by atoms with E-state index in [4.69, 9.17) is 9.47 Å². The lowest BCUT2D eigenvalue weighted by Gasteiger charge is -2.31. The summed E-state index contributed by atoms with van der Waals surface area (Å²) in [6, 6.07) is 32.5. The minimum absolute atomic E-state index is 0.129. The van der Waals surface area contributed by atoms with Crippen LogP contribution in [0.15, 0.2) is 91.0 Å². The van der Waals surface area contributed by atoms with Gasteiger partial charge in [0.1, 0.15) is 12.4 Å². The Balaban J connectivity index is 1.35. The number of ether oxygens (including phenoxy) is 2. The number of carboxylic acids is 1. The molecular formula is C38H43NO4. The Morgan fingerprint density at radius 3 is 2.33 bits per heavy atom. The number of hydrogen-bond acceptors (Lipinski definition) is 4. The van der Waals surface area contributed by atoms with E-state index >= 15 is 0 Å². The summed E-state index contributed by atoms with van der Waals surface area (Å²) in [7, 11) is 2.20. The van der Waals surface area contributed by atoms with Crippen LogP contribution in [0.25, 0.3) is 11.1 Å². The fourth-order valence-corrected chi connectivity index (χ4v) is 6.18. The number of carbonyl (C=O) groups is 1. The Hall–Kier alpha value is -3.93. The number of rotatable bonds is 13. The standard InChI is InChI=1S/C38H43NO4/c1-4-9-27-14-21-34-32(24-27)18-16-30-15-17-31(29-10-7-6-8-11-29)26-35(30)37(34)39(3)22-23-43-33-19-12-28(13-20-33)25-36(38(40)41)42-5-2/h6-8,10-15,17,19-21,24,26,36-37H,4-5,9,16,18,22-23,25H2,1-3H3,(H,40,41). The fourth-order valence-electron chi connectivity index (χ4n) is 6.18. The molecule has 0 radical (unpaired) electrons. The maximum Gasteiger partial charge on any atom is 0.333 e. The fraction of sp³-hybridized carbons (Fsp3) is 0.342. The van der Waals surface area contributed by atoms with Crippen LogP contribution < -0.4 is 4.74 Å². The maximum atomic E-state index is 11.5. The minimum Gasteiger partial charge on any atom is -0.492 e. The third-order valence-corrected chi connectivity index (χ3v) is 8.39. The minimum atomic E-state index is -0.940. The Bertz CT molecular complexity index is 1500. The van der Waals surface area contributed by atoms with Gasteiger partial charge in [0.25, 0.3) is 0 Å². The zero-order valence-corrected chi connectivity index (χ0v) is 25.6. The van der Waals surface area contributed by atoms with Gasteiger partial charge in [-0.05, 0) is 95.9 Å². The molecule has 4 aromatic rings. The van der Waals surface area contributed by atoms with Crippen molar-refractivity contribution < 1.29 is 19.4 Å². The summed E-state index contributed by atoms with van der Waals surface area (Å²) in [5, 5.41) is 9.39. The lowest BCUT2D eigenvalue weighted by atomic mass is 9.90. The highest BCUT2D eigenvalue weighted by Crippen LogP contribution is 2.38. The summed E-state index contributed by atoms with van der Waals surface area (Å²) < 4.78 is 11.5. The van der Waals surface area contributed by atoms with Gasteiger partial charge in [-0.3, -0.25) is 4.90 Å². The molecule has 0 aliphatic heterocycles. The van der Waals surface area contributed by atoms with Gasteiger partial charge in [-0.15, -0.1) is 0 Å². The van der Waals surface area contributed by atoms with Gasteiger partial charge >= 0.3 is 5.97 Å². The molecule has 0 saturated carbocycles. The number of hydrogen-bond donors (Lipinski definition) is 1. The van der Waals surface area contributed by atoms with Crippen molar-refractivity contribution in [1.29, 1.82) is 0 Å². The predicted octanol–water partition coefficient (Wildman–Crippen LogP) is 7.54. The molecule has 0 fully saturated rings. The van der Waals surface area contributed by atoms with E-state index in [1.165, 1.54) is 38.9 Å². The summed E-state index contributed by atoms with van der Waals surface area (Å²) in [5.41, 5.74) is 10.4. The third-order valence-electron chi connectivity index (χ3n) is 8.39. The van der Waals surface area contributed by atoms with E-state index in [-0.39, 0.29) is 6.04 Å².